The molecule has 74 valence electrons. The van der Waals surface area contributed by atoms with Gasteiger partial charge in [0.05, 0.1) is 5.60 Å². The molecule has 0 bridgehead atoms. The van der Waals surface area contributed by atoms with Crippen LogP contribution in [0.25, 0.3) is 10.4 Å². The van der Waals surface area contributed by atoms with Crippen molar-refractivity contribution in [3.8, 4) is 0 Å². The summed E-state index contributed by atoms with van der Waals surface area (Å²) in [6.07, 6.45) is 0.432. The van der Waals surface area contributed by atoms with E-state index < -0.39 is 5.60 Å². The Hall–Kier alpha value is -1.51. The Morgan fingerprint density at radius 3 is 2.64 bits per heavy atom. The van der Waals surface area contributed by atoms with Crippen molar-refractivity contribution < 1.29 is 5.11 Å². The number of hydrogen-bond acceptors (Lipinski definition) is 2. The van der Waals surface area contributed by atoms with Gasteiger partial charge < -0.3 is 5.11 Å². The second kappa shape index (κ2) is 4.65. The maximum atomic E-state index is 10.0. The van der Waals surface area contributed by atoms with E-state index in [4.69, 9.17) is 5.53 Å². The first kappa shape index (κ1) is 10.6. The maximum Gasteiger partial charge on any atom is 0.0869 e. The summed E-state index contributed by atoms with van der Waals surface area (Å²) in [5.41, 5.74) is 8.03. The van der Waals surface area contributed by atoms with Crippen LogP contribution < -0.4 is 0 Å². The molecule has 0 aliphatic rings. The summed E-state index contributed by atoms with van der Waals surface area (Å²) in [6.45, 7) is 2.02. The van der Waals surface area contributed by atoms with Crippen molar-refractivity contribution in [1.29, 1.82) is 0 Å². The van der Waals surface area contributed by atoms with E-state index in [0.717, 1.165) is 5.56 Å². The standard InChI is InChI=1S/C10H13N3O/c1-10(14,7-8-12-13-11)9-5-3-2-4-6-9/h2-6,14H,7-8H2,1H3. The highest BCUT2D eigenvalue weighted by Gasteiger charge is 2.21. The van der Waals surface area contributed by atoms with Crippen molar-refractivity contribution in [3.05, 3.63) is 46.3 Å². The zero-order valence-corrected chi connectivity index (χ0v) is 8.09. The molecular formula is C10H13N3O. The fraction of sp³-hybridized carbons (Fsp3) is 0.400. The predicted octanol–water partition coefficient (Wildman–Crippen LogP) is 2.59. The predicted molar refractivity (Wildman–Crippen MR) is 54.6 cm³/mol. The highest BCUT2D eigenvalue weighted by atomic mass is 16.3. The summed E-state index contributed by atoms with van der Waals surface area (Å²) in [5.74, 6) is 0. The van der Waals surface area contributed by atoms with E-state index in [-0.39, 0.29) is 0 Å². The summed E-state index contributed by atoms with van der Waals surface area (Å²) >= 11 is 0. The molecule has 1 aromatic rings. The summed E-state index contributed by atoms with van der Waals surface area (Å²) in [4.78, 5) is 2.65. The third kappa shape index (κ3) is 2.76. The first-order valence-electron chi connectivity index (χ1n) is 4.45. The number of rotatable bonds is 4. The monoisotopic (exact) mass is 191 g/mol. The Kier molecular flexibility index (Phi) is 3.51. The lowest BCUT2D eigenvalue weighted by atomic mass is 9.93. The lowest BCUT2D eigenvalue weighted by Gasteiger charge is -2.22. The van der Waals surface area contributed by atoms with Gasteiger partial charge in [0.25, 0.3) is 0 Å². The molecule has 0 radical (unpaired) electrons. The lowest BCUT2D eigenvalue weighted by Crippen LogP contribution is -2.21. The van der Waals surface area contributed by atoms with Gasteiger partial charge in [-0.3, -0.25) is 0 Å². The van der Waals surface area contributed by atoms with Crippen molar-refractivity contribution in [2.45, 2.75) is 18.9 Å². The Labute approximate surface area is 82.8 Å². The molecule has 0 aromatic heterocycles. The fourth-order valence-electron chi connectivity index (χ4n) is 1.25. The highest BCUT2D eigenvalue weighted by molar-refractivity contribution is 5.21. The number of hydrogen-bond donors (Lipinski definition) is 1. The normalized spacial score (nSPS) is 14.1. The van der Waals surface area contributed by atoms with Gasteiger partial charge in [-0.05, 0) is 24.4 Å². The fourth-order valence-corrected chi connectivity index (χ4v) is 1.25. The van der Waals surface area contributed by atoms with Crippen LogP contribution in [0.2, 0.25) is 0 Å². The SMILES string of the molecule is CC(O)(CCN=[N+]=[N-])c1ccccc1. The van der Waals surface area contributed by atoms with Gasteiger partial charge in [-0.2, -0.15) is 0 Å². The molecule has 0 spiro atoms. The number of benzene rings is 1. The average Bonchev–Trinajstić information content (AvgIpc) is 2.19. The van der Waals surface area contributed by atoms with Gasteiger partial charge in [-0.1, -0.05) is 35.4 Å². The molecule has 0 saturated heterocycles. The van der Waals surface area contributed by atoms with Gasteiger partial charge >= 0.3 is 0 Å². The largest absolute Gasteiger partial charge is 0.385 e. The van der Waals surface area contributed by atoms with Crippen molar-refractivity contribution in [2.75, 3.05) is 6.54 Å². The van der Waals surface area contributed by atoms with Crippen molar-refractivity contribution >= 4 is 0 Å². The highest BCUT2D eigenvalue weighted by Crippen LogP contribution is 2.23. The van der Waals surface area contributed by atoms with Crippen LogP contribution in [0.5, 0.6) is 0 Å². The molecule has 1 rings (SSSR count). The molecule has 0 aliphatic heterocycles. The Morgan fingerprint density at radius 2 is 2.07 bits per heavy atom. The van der Waals surface area contributed by atoms with Gasteiger partial charge in [0.2, 0.25) is 0 Å². The van der Waals surface area contributed by atoms with Crippen molar-refractivity contribution in [3.63, 3.8) is 0 Å². The quantitative estimate of drug-likeness (QED) is 0.443. The number of nitrogens with zero attached hydrogens (tertiary/aromatic N) is 3. The molecule has 0 amide bonds. The van der Waals surface area contributed by atoms with Crippen LogP contribution in [0.3, 0.4) is 0 Å². The molecule has 0 heterocycles. The first-order chi connectivity index (χ1) is 6.67. The molecule has 4 nitrogen and oxygen atoms in total. The van der Waals surface area contributed by atoms with Gasteiger partial charge in [-0.25, -0.2) is 0 Å². The van der Waals surface area contributed by atoms with E-state index in [1.165, 1.54) is 0 Å². The molecule has 4 heteroatoms. The topological polar surface area (TPSA) is 69.0 Å². The molecule has 14 heavy (non-hydrogen) atoms. The van der Waals surface area contributed by atoms with Gasteiger partial charge in [-0.15, -0.1) is 0 Å². The third-order valence-corrected chi connectivity index (χ3v) is 2.16. The molecule has 1 N–H and O–H groups in total. The summed E-state index contributed by atoms with van der Waals surface area (Å²) in [7, 11) is 0. The minimum Gasteiger partial charge on any atom is -0.385 e. The van der Waals surface area contributed by atoms with Crippen LogP contribution in [0.1, 0.15) is 18.9 Å². The van der Waals surface area contributed by atoms with Crippen LogP contribution in [-0.2, 0) is 5.60 Å². The second-order valence-corrected chi connectivity index (χ2v) is 3.34. The van der Waals surface area contributed by atoms with E-state index in [1.54, 1.807) is 6.92 Å². The third-order valence-electron chi connectivity index (χ3n) is 2.16. The van der Waals surface area contributed by atoms with Crippen LogP contribution in [0.15, 0.2) is 35.4 Å². The molecule has 1 aromatic carbocycles. The van der Waals surface area contributed by atoms with Crippen molar-refractivity contribution in [1.82, 2.24) is 0 Å². The molecule has 1 unspecified atom stereocenters. The van der Waals surface area contributed by atoms with Crippen LogP contribution in [0.4, 0.5) is 0 Å². The number of azide groups is 1. The van der Waals surface area contributed by atoms with Crippen molar-refractivity contribution in [2.24, 2.45) is 5.11 Å². The molecule has 1 atom stereocenters. The Morgan fingerprint density at radius 1 is 1.43 bits per heavy atom. The van der Waals surface area contributed by atoms with Gasteiger partial charge in [0, 0.05) is 11.5 Å². The zero-order valence-electron chi connectivity index (χ0n) is 8.09. The summed E-state index contributed by atoms with van der Waals surface area (Å²) in [5, 5.41) is 13.4. The smallest absolute Gasteiger partial charge is 0.0869 e. The van der Waals surface area contributed by atoms with E-state index in [1.807, 2.05) is 30.3 Å². The van der Waals surface area contributed by atoms with E-state index in [9.17, 15) is 5.11 Å². The van der Waals surface area contributed by atoms with Crippen LogP contribution in [-0.4, -0.2) is 11.7 Å². The minimum atomic E-state index is -0.921. The Balaban J connectivity index is 2.70. The summed E-state index contributed by atoms with van der Waals surface area (Å²) in [6, 6.07) is 9.36. The average molecular weight is 191 g/mol. The lowest BCUT2D eigenvalue weighted by molar-refractivity contribution is 0.0504. The second-order valence-electron chi connectivity index (χ2n) is 3.34. The van der Waals surface area contributed by atoms with E-state index in [0.29, 0.717) is 13.0 Å². The molecular weight excluding hydrogens is 178 g/mol. The van der Waals surface area contributed by atoms with E-state index >= 15 is 0 Å². The van der Waals surface area contributed by atoms with Gasteiger partial charge in [0.1, 0.15) is 0 Å². The minimum absolute atomic E-state index is 0.304. The van der Waals surface area contributed by atoms with E-state index in [2.05, 4.69) is 10.0 Å². The van der Waals surface area contributed by atoms with Crippen LogP contribution in [0, 0.1) is 0 Å². The number of aliphatic hydroxyl groups is 1. The zero-order chi connectivity index (χ0) is 10.4. The molecule has 0 saturated carbocycles. The first-order valence-corrected chi connectivity index (χ1v) is 4.45. The summed E-state index contributed by atoms with van der Waals surface area (Å²) < 4.78 is 0. The molecule has 0 fully saturated rings. The molecule has 0 aliphatic carbocycles. The van der Waals surface area contributed by atoms with Crippen LogP contribution >= 0.6 is 0 Å². The maximum absolute atomic E-state index is 10.0. The Bertz CT molecular complexity index is 328. The van der Waals surface area contributed by atoms with Gasteiger partial charge in [0.15, 0.2) is 0 Å².